The van der Waals surface area contributed by atoms with Crippen LogP contribution in [0.4, 0.5) is 20.2 Å². The van der Waals surface area contributed by atoms with Crippen molar-refractivity contribution in [1.82, 2.24) is 0 Å². The number of halogens is 2. The Bertz CT molecular complexity index is 443. The maximum atomic E-state index is 13.6. The van der Waals surface area contributed by atoms with Crippen LogP contribution in [0, 0.1) is 11.6 Å². The first-order valence-electron chi connectivity index (χ1n) is 6.72. The molecule has 1 fully saturated rings. The molecule has 5 heteroatoms. The van der Waals surface area contributed by atoms with E-state index < -0.39 is 17.2 Å². The molecule has 0 heterocycles. The lowest BCUT2D eigenvalue weighted by atomic mass is 9.94. The van der Waals surface area contributed by atoms with Gasteiger partial charge in [0, 0.05) is 6.54 Å². The summed E-state index contributed by atoms with van der Waals surface area (Å²) in [5.74, 6) is -1.93. The molecule has 19 heavy (non-hydrogen) atoms. The van der Waals surface area contributed by atoms with Crippen LogP contribution in [0.2, 0.25) is 0 Å². The maximum absolute atomic E-state index is 13.6. The molecular formula is C14H20F2N2O. The molecule has 0 aliphatic heterocycles. The summed E-state index contributed by atoms with van der Waals surface area (Å²) >= 11 is 0. The summed E-state index contributed by atoms with van der Waals surface area (Å²) in [5.41, 5.74) is 4.86. The number of nitrogens with one attached hydrogen (secondary N) is 1. The average Bonchev–Trinajstić information content (AvgIpc) is 2.59. The number of anilines is 2. The van der Waals surface area contributed by atoms with E-state index in [9.17, 15) is 13.9 Å². The Morgan fingerprint density at radius 2 is 1.79 bits per heavy atom. The largest absolute Gasteiger partial charge is 0.397 e. The Morgan fingerprint density at radius 3 is 2.42 bits per heavy atom. The van der Waals surface area contributed by atoms with Crippen LogP contribution in [0.15, 0.2) is 12.1 Å². The molecule has 4 N–H and O–H groups in total. The lowest BCUT2D eigenvalue weighted by molar-refractivity contribution is 0.0381. The average molecular weight is 270 g/mol. The molecule has 0 bridgehead atoms. The van der Waals surface area contributed by atoms with Gasteiger partial charge in [-0.2, -0.15) is 0 Å². The minimum absolute atomic E-state index is 0.0577. The number of hydrogen-bond donors (Lipinski definition) is 3. The normalized spacial score (nSPS) is 18.9. The summed E-state index contributed by atoms with van der Waals surface area (Å²) in [4.78, 5) is 0. The second-order valence-electron chi connectivity index (χ2n) is 5.32. The first-order chi connectivity index (χ1) is 9.02. The molecule has 1 saturated carbocycles. The Hall–Kier alpha value is -1.36. The van der Waals surface area contributed by atoms with Gasteiger partial charge < -0.3 is 16.2 Å². The predicted octanol–water partition coefficient (Wildman–Crippen LogP) is 3.04. The molecule has 0 amide bonds. The maximum Gasteiger partial charge on any atom is 0.183 e. The van der Waals surface area contributed by atoms with E-state index in [0.29, 0.717) is 12.8 Å². The smallest absolute Gasteiger partial charge is 0.183 e. The van der Waals surface area contributed by atoms with Gasteiger partial charge in [-0.05, 0) is 25.0 Å². The highest BCUT2D eigenvalue weighted by Gasteiger charge is 2.28. The van der Waals surface area contributed by atoms with Crippen molar-refractivity contribution in [3.05, 3.63) is 23.8 Å². The van der Waals surface area contributed by atoms with Crippen molar-refractivity contribution in [3.8, 4) is 0 Å². The molecule has 1 aromatic rings. The highest BCUT2D eigenvalue weighted by Crippen LogP contribution is 2.30. The third-order valence-electron chi connectivity index (χ3n) is 3.76. The van der Waals surface area contributed by atoms with Crippen molar-refractivity contribution in [2.75, 3.05) is 17.6 Å². The van der Waals surface area contributed by atoms with Crippen molar-refractivity contribution >= 4 is 11.4 Å². The van der Waals surface area contributed by atoms with E-state index in [-0.39, 0.29) is 17.9 Å². The number of hydrogen-bond acceptors (Lipinski definition) is 3. The lowest BCUT2D eigenvalue weighted by Gasteiger charge is -2.27. The molecule has 1 aromatic carbocycles. The van der Waals surface area contributed by atoms with Crippen LogP contribution in [0.5, 0.6) is 0 Å². The Morgan fingerprint density at radius 1 is 1.16 bits per heavy atom. The third-order valence-corrected chi connectivity index (χ3v) is 3.76. The summed E-state index contributed by atoms with van der Waals surface area (Å²) in [5, 5.41) is 13.2. The van der Waals surface area contributed by atoms with Crippen LogP contribution in [-0.2, 0) is 0 Å². The molecule has 0 unspecified atom stereocenters. The van der Waals surface area contributed by atoms with Crippen LogP contribution < -0.4 is 11.1 Å². The molecule has 1 aliphatic rings. The van der Waals surface area contributed by atoms with Gasteiger partial charge in [0.2, 0.25) is 0 Å². The van der Waals surface area contributed by atoms with Gasteiger partial charge in [0.05, 0.1) is 17.0 Å². The number of benzene rings is 1. The van der Waals surface area contributed by atoms with Crippen LogP contribution in [0.25, 0.3) is 0 Å². The molecular weight excluding hydrogens is 250 g/mol. The first kappa shape index (κ1) is 14.1. The number of nitrogen functional groups attached to an aromatic ring is 1. The Kier molecular flexibility index (Phi) is 4.24. The molecule has 2 rings (SSSR count). The Balaban J connectivity index is 2.07. The van der Waals surface area contributed by atoms with E-state index in [2.05, 4.69) is 5.32 Å². The van der Waals surface area contributed by atoms with Gasteiger partial charge >= 0.3 is 0 Å². The van der Waals surface area contributed by atoms with Crippen molar-refractivity contribution in [3.63, 3.8) is 0 Å². The molecule has 1 aliphatic carbocycles. The van der Waals surface area contributed by atoms with E-state index in [1.165, 1.54) is 6.07 Å². The quantitative estimate of drug-likeness (QED) is 0.584. The summed E-state index contributed by atoms with van der Waals surface area (Å²) in [6, 6.07) is 2.31. The van der Waals surface area contributed by atoms with Crippen molar-refractivity contribution < 1.29 is 13.9 Å². The first-order valence-corrected chi connectivity index (χ1v) is 6.72. The summed E-state index contributed by atoms with van der Waals surface area (Å²) < 4.78 is 26.8. The second-order valence-corrected chi connectivity index (χ2v) is 5.32. The van der Waals surface area contributed by atoms with Crippen LogP contribution in [-0.4, -0.2) is 17.3 Å². The monoisotopic (exact) mass is 270 g/mol. The summed E-state index contributed by atoms with van der Waals surface area (Å²) in [6.45, 7) is 0.192. The van der Waals surface area contributed by atoms with Crippen molar-refractivity contribution in [2.45, 2.75) is 44.1 Å². The third kappa shape index (κ3) is 3.35. The molecule has 0 atom stereocenters. The molecule has 0 radical (unpaired) electrons. The fraction of sp³-hybridized carbons (Fsp3) is 0.571. The van der Waals surface area contributed by atoms with Gasteiger partial charge in [-0.3, -0.25) is 0 Å². The van der Waals surface area contributed by atoms with Crippen molar-refractivity contribution in [1.29, 1.82) is 0 Å². The van der Waals surface area contributed by atoms with Crippen LogP contribution >= 0.6 is 0 Å². The minimum atomic E-state index is -0.989. The van der Waals surface area contributed by atoms with Gasteiger partial charge in [0.15, 0.2) is 11.6 Å². The van der Waals surface area contributed by atoms with Gasteiger partial charge in [-0.25, -0.2) is 8.78 Å². The summed E-state index contributed by atoms with van der Waals surface area (Å²) in [6.07, 6.45) is 5.49. The molecule has 0 aromatic heterocycles. The molecule has 106 valence electrons. The number of aliphatic hydroxyl groups is 1. The highest BCUT2D eigenvalue weighted by atomic mass is 19.2. The van der Waals surface area contributed by atoms with E-state index in [4.69, 9.17) is 5.73 Å². The molecule has 0 spiro atoms. The van der Waals surface area contributed by atoms with E-state index in [0.717, 1.165) is 31.7 Å². The van der Waals surface area contributed by atoms with Gasteiger partial charge in [0.25, 0.3) is 0 Å². The molecule has 0 saturated heterocycles. The number of nitrogens with two attached hydrogens (primary N) is 1. The zero-order chi connectivity index (χ0) is 13.9. The van der Waals surface area contributed by atoms with E-state index in [1.54, 1.807) is 0 Å². The summed E-state index contributed by atoms with van der Waals surface area (Å²) in [7, 11) is 0. The van der Waals surface area contributed by atoms with Gasteiger partial charge in [0.1, 0.15) is 0 Å². The standard InChI is InChI=1S/C14H20F2N2O/c15-10-5-6-11(17)13(12(10)16)18-9-14(19)7-3-1-2-4-8-14/h5-6,18-19H,1-4,7-9,17H2. The minimum Gasteiger partial charge on any atom is -0.397 e. The molecule has 3 nitrogen and oxygen atoms in total. The Labute approximate surface area is 111 Å². The second kappa shape index (κ2) is 5.74. The van der Waals surface area contributed by atoms with Gasteiger partial charge in [-0.1, -0.05) is 25.7 Å². The van der Waals surface area contributed by atoms with E-state index in [1.807, 2.05) is 0 Å². The highest BCUT2D eigenvalue weighted by molar-refractivity contribution is 5.66. The van der Waals surface area contributed by atoms with Crippen LogP contribution in [0.3, 0.4) is 0 Å². The number of rotatable bonds is 3. The van der Waals surface area contributed by atoms with Crippen LogP contribution in [0.1, 0.15) is 38.5 Å². The zero-order valence-corrected chi connectivity index (χ0v) is 10.9. The zero-order valence-electron chi connectivity index (χ0n) is 10.9. The SMILES string of the molecule is Nc1ccc(F)c(F)c1NCC1(O)CCCCCC1. The fourth-order valence-corrected chi connectivity index (χ4v) is 2.56. The van der Waals surface area contributed by atoms with E-state index >= 15 is 0 Å². The van der Waals surface area contributed by atoms with Crippen molar-refractivity contribution in [2.24, 2.45) is 0 Å². The topological polar surface area (TPSA) is 58.3 Å². The van der Waals surface area contributed by atoms with Gasteiger partial charge in [-0.15, -0.1) is 0 Å². The lowest BCUT2D eigenvalue weighted by Crippen LogP contribution is -2.36. The fourth-order valence-electron chi connectivity index (χ4n) is 2.56. The predicted molar refractivity (Wildman–Crippen MR) is 71.9 cm³/mol.